The lowest BCUT2D eigenvalue weighted by Gasteiger charge is -2.33. The molecule has 2 aliphatic rings. The van der Waals surface area contributed by atoms with E-state index in [4.69, 9.17) is 9.47 Å². The molecule has 27 heavy (non-hydrogen) atoms. The minimum atomic E-state index is 0.708. The fraction of sp³-hybridized carbons (Fsp3) is 0.667. The van der Waals surface area contributed by atoms with Crippen LogP contribution >= 0.6 is 0 Å². The van der Waals surface area contributed by atoms with Crippen molar-refractivity contribution in [2.45, 2.75) is 51.6 Å². The number of rotatable bonds is 6. The van der Waals surface area contributed by atoms with Gasteiger partial charge in [-0.15, -0.1) is 0 Å². The first kappa shape index (κ1) is 19.8. The molecule has 3 rings (SSSR count). The van der Waals surface area contributed by atoms with Gasteiger partial charge in [0, 0.05) is 39.1 Å². The summed E-state index contributed by atoms with van der Waals surface area (Å²) in [5.41, 5.74) is 1.16. The van der Waals surface area contributed by atoms with Crippen LogP contribution in [-0.2, 0) is 6.54 Å². The van der Waals surface area contributed by atoms with Gasteiger partial charge >= 0.3 is 0 Å². The zero-order valence-electron chi connectivity index (χ0n) is 16.8. The highest BCUT2D eigenvalue weighted by Gasteiger charge is 2.17. The predicted octanol–water partition coefficient (Wildman–Crippen LogP) is 2.78. The minimum Gasteiger partial charge on any atom is -0.490 e. The SMILES string of the molecule is CN=C(NCCCN1CCCCC1C)NCc1ccc2c(c1)OCCCO2. The van der Waals surface area contributed by atoms with E-state index in [-0.39, 0.29) is 0 Å². The summed E-state index contributed by atoms with van der Waals surface area (Å²) in [5.74, 6) is 2.52. The smallest absolute Gasteiger partial charge is 0.191 e. The maximum atomic E-state index is 5.76. The second-order valence-corrected chi connectivity index (χ2v) is 7.42. The Morgan fingerprint density at radius 1 is 1.15 bits per heavy atom. The number of ether oxygens (including phenoxy) is 2. The van der Waals surface area contributed by atoms with E-state index in [1.165, 1.54) is 25.8 Å². The van der Waals surface area contributed by atoms with E-state index in [0.717, 1.165) is 61.6 Å². The van der Waals surface area contributed by atoms with Crippen molar-refractivity contribution in [3.63, 3.8) is 0 Å². The van der Waals surface area contributed by atoms with Crippen molar-refractivity contribution in [2.75, 3.05) is 39.9 Å². The van der Waals surface area contributed by atoms with Crippen LogP contribution in [0.25, 0.3) is 0 Å². The number of piperidine rings is 1. The van der Waals surface area contributed by atoms with Crippen LogP contribution in [0.2, 0.25) is 0 Å². The topological polar surface area (TPSA) is 58.1 Å². The number of nitrogens with one attached hydrogen (secondary N) is 2. The lowest BCUT2D eigenvalue weighted by Crippen LogP contribution is -2.41. The lowest BCUT2D eigenvalue weighted by atomic mass is 10.0. The first-order valence-electron chi connectivity index (χ1n) is 10.3. The number of hydrogen-bond acceptors (Lipinski definition) is 4. The van der Waals surface area contributed by atoms with E-state index in [2.05, 4.69) is 39.6 Å². The summed E-state index contributed by atoms with van der Waals surface area (Å²) in [5, 5.41) is 6.81. The van der Waals surface area contributed by atoms with Gasteiger partial charge in [-0.2, -0.15) is 0 Å². The van der Waals surface area contributed by atoms with E-state index in [1.54, 1.807) is 0 Å². The third-order valence-corrected chi connectivity index (χ3v) is 5.35. The fourth-order valence-corrected chi connectivity index (χ4v) is 3.70. The van der Waals surface area contributed by atoms with Crippen LogP contribution in [-0.4, -0.2) is 56.8 Å². The Labute approximate surface area is 163 Å². The molecule has 6 nitrogen and oxygen atoms in total. The summed E-state index contributed by atoms with van der Waals surface area (Å²) in [6, 6.07) is 6.85. The molecule has 150 valence electrons. The maximum absolute atomic E-state index is 5.76. The molecule has 0 amide bonds. The lowest BCUT2D eigenvalue weighted by molar-refractivity contribution is 0.159. The summed E-state index contributed by atoms with van der Waals surface area (Å²) in [4.78, 5) is 6.94. The molecule has 1 unspecified atom stereocenters. The largest absolute Gasteiger partial charge is 0.490 e. The Hall–Kier alpha value is -1.95. The average Bonchev–Trinajstić information content (AvgIpc) is 2.93. The molecule has 1 fully saturated rings. The quantitative estimate of drug-likeness (QED) is 0.456. The Balaban J connectivity index is 1.39. The Morgan fingerprint density at radius 3 is 2.81 bits per heavy atom. The van der Waals surface area contributed by atoms with Crippen LogP contribution in [0.3, 0.4) is 0 Å². The molecule has 0 spiro atoms. The average molecular weight is 375 g/mol. The molecule has 2 N–H and O–H groups in total. The third-order valence-electron chi connectivity index (χ3n) is 5.35. The highest BCUT2D eigenvalue weighted by Crippen LogP contribution is 2.30. The molecule has 0 saturated carbocycles. The predicted molar refractivity (Wildman–Crippen MR) is 110 cm³/mol. The van der Waals surface area contributed by atoms with Crippen LogP contribution in [0.1, 0.15) is 44.6 Å². The standard InChI is InChI=1S/C21H34N4O2/c1-17-7-3-4-11-25(17)12-5-10-23-21(22-2)24-16-18-8-9-19-20(15-18)27-14-6-13-26-19/h8-9,15,17H,3-7,10-14,16H2,1-2H3,(H2,22,23,24). The van der Waals surface area contributed by atoms with Gasteiger partial charge in [-0.1, -0.05) is 12.5 Å². The van der Waals surface area contributed by atoms with Crippen LogP contribution in [0.4, 0.5) is 0 Å². The van der Waals surface area contributed by atoms with Gasteiger partial charge in [0.2, 0.25) is 0 Å². The zero-order valence-corrected chi connectivity index (χ0v) is 16.8. The van der Waals surface area contributed by atoms with Gasteiger partial charge in [0.15, 0.2) is 17.5 Å². The molecule has 0 radical (unpaired) electrons. The van der Waals surface area contributed by atoms with Crippen LogP contribution < -0.4 is 20.1 Å². The number of nitrogens with zero attached hydrogens (tertiary/aromatic N) is 2. The highest BCUT2D eigenvalue weighted by atomic mass is 16.5. The Bertz CT molecular complexity index is 620. The van der Waals surface area contributed by atoms with Crippen LogP contribution in [0, 0.1) is 0 Å². The van der Waals surface area contributed by atoms with Gasteiger partial charge in [-0.25, -0.2) is 0 Å². The second kappa shape index (κ2) is 10.4. The Kier molecular flexibility index (Phi) is 7.63. The molecule has 1 aromatic rings. The molecule has 0 aliphatic carbocycles. The summed E-state index contributed by atoms with van der Waals surface area (Å²) < 4.78 is 11.5. The third kappa shape index (κ3) is 6.03. The van der Waals surface area contributed by atoms with Crippen LogP contribution in [0.5, 0.6) is 11.5 Å². The first-order chi connectivity index (χ1) is 13.3. The second-order valence-electron chi connectivity index (χ2n) is 7.42. The first-order valence-corrected chi connectivity index (χ1v) is 10.3. The zero-order chi connectivity index (χ0) is 18.9. The molecule has 0 aromatic heterocycles. The van der Waals surface area contributed by atoms with Crippen LogP contribution in [0.15, 0.2) is 23.2 Å². The number of benzene rings is 1. The molecule has 6 heteroatoms. The van der Waals surface area contributed by atoms with E-state index in [0.29, 0.717) is 13.2 Å². The Morgan fingerprint density at radius 2 is 2.00 bits per heavy atom. The van der Waals surface area contributed by atoms with Crippen molar-refractivity contribution in [3.8, 4) is 11.5 Å². The summed E-state index contributed by atoms with van der Waals surface area (Å²) >= 11 is 0. The van der Waals surface area contributed by atoms with E-state index in [9.17, 15) is 0 Å². The van der Waals surface area contributed by atoms with E-state index in [1.807, 2.05) is 13.1 Å². The molecule has 0 bridgehead atoms. The summed E-state index contributed by atoms with van der Waals surface area (Å²) in [6.07, 6.45) is 6.12. The van der Waals surface area contributed by atoms with E-state index >= 15 is 0 Å². The molecule has 2 aliphatic heterocycles. The van der Waals surface area contributed by atoms with Crippen molar-refractivity contribution >= 4 is 5.96 Å². The normalized spacial score (nSPS) is 20.8. The molecule has 1 atom stereocenters. The number of guanidine groups is 1. The van der Waals surface area contributed by atoms with Crippen molar-refractivity contribution in [3.05, 3.63) is 23.8 Å². The molecular formula is C21H34N4O2. The molecule has 1 aromatic carbocycles. The molecule has 1 saturated heterocycles. The van der Waals surface area contributed by atoms with Gasteiger partial charge in [-0.3, -0.25) is 4.99 Å². The monoisotopic (exact) mass is 374 g/mol. The minimum absolute atomic E-state index is 0.708. The van der Waals surface area contributed by atoms with Crippen molar-refractivity contribution in [2.24, 2.45) is 4.99 Å². The fourth-order valence-electron chi connectivity index (χ4n) is 3.70. The van der Waals surface area contributed by atoms with E-state index < -0.39 is 0 Å². The van der Waals surface area contributed by atoms with Crippen molar-refractivity contribution < 1.29 is 9.47 Å². The molecule has 2 heterocycles. The van der Waals surface area contributed by atoms with Gasteiger partial charge < -0.3 is 25.0 Å². The maximum Gasteiger partial charge on any atom is 0.191 e. The molecular weight excluding hydrogens is 340 g/mol. The summed E-state index contributed by atoms with van der Waals surface area (Å²) in [6.45, 7) is 7.83. The summed E-state index contributed by atoms with van der Waals surface area (Å²) in [7, 11) is 1.82. The van der Waals surface area contributed by atoms with Gasteiger partial charge in [0.05, 0.1) is 13.2 Å². The number of aliphatic imine (C=N–C) groups is 1. The van der Waals surface area contributed by atoms with Crippen molar-refractivity contribution in [1.29, 1.82) is 0 Å². The van der Waals surface area contributed by atoms with Gasteiger partial charge in [-0.05, 0) is 50.4 Å². The number of likely N-dealkylation sites (tertiary alicyclic amines) is 1. The highest BCUT2D eigenvalue weighted by molar-refractivity contribution is 5.79. The number of fused-ring (bicyclic) bond motifs is 1. The van der Waals surface area contributed by atoms with Gasteiger partial charge in [0.25, 0.3) is 0 Å². The van der Waals surface area contributed by atoms with Gasteiger partial charge in [0.1, 0.15) is 0 Å². The number of hydrogen-bond donors (Lipinski definition) is 2. The van der Waals surface area contributed by atoms with Crippen molar-refractivity contribution in [1.82, 2.24) is 15.5 Å².